The van der Waals surface area contributed by atoms with Crippen LogP contribution in [-0.4, -0.2) is 39.7 Å². The number of halogens is 2. The summed E-state index contributed by atoms with van der Waals surface area (Å²) in [6.45, 7) is 6.01. The van der Waals surface area contributed by atoms with E-state index >= 15 is 0 Å². The molecule has 1 aromatic carbocycles. The van der Waals surface area contributed by atoms with Crippen LogP contribution >= 0.6 is 23.1 Å². The highest BCUT2D eigenvalue weighted by molar-refractivity contribution is 7.98. The van der Waals surface area contributed by atoms with Gasteiger partial charge in [-0.05, 0) is 26.8 Å². The number of fused-ring (bicyclic) bond motifs is 1. The summed E-state index contributed by atoms with van der Waals surface area (Å²) in [5.41, 5.74) is 5.84. The van der Waals surface area contributed by atoms with Crippen molar-refractivity contribution in [3.8, 4) is 0 Å². The van der Waals surface area contributed by atoms with Gasteiger partial charge < -0.3 is 21.1 Å². The number of thiazole rings is 1. The molecule has 0 unspecified atom stereocenters. The molecule has 4 N–H and O–H groups in total. The third kappa shape index (κ3) is 6.37. The number of carbonyl (C=O) groups is 1. The average molecular weight is 469 g/mol. The Morgan fingerprint density at radius 2 is 2.00 bits per heavy atom. The Kier molecular flexibility index (Phi) is 7.11. The van der Waals surface area contributed by atoms with Crippen LogP contribution in [0.5, 0.6) is 0 Å². The van der Waals surface area contributed by atoms with E-state index in [1.165, 1.54) is 23.5 Å². The number of aromatic nitrogens is 3. The number of amides is 1. The average Bonchev–Trinajstić information content (AvgIpc) is 3.05. The summed E-state index contributed by atoms with van der Waals surface area (Å²) in [5.74, 6) is -1.15. The third-order valence-corrected chi connectivity index (χ3v) is 5.50. The highest BCUT2D eigenvalue weighted by Gasteiger charge is 2.17. The quantitative estimate of drug-likeness (QED) is 0.269. The largest absolute Gasteiger partial charge is 0.444 e. The van der Waals surface area contributed by atoms with Gasteiger partial charge in [-0.1, -0.05) is 35.2 Å². The van der Waals surface area contributed by atoms with Crippen molar-refractivity contribution in [1.29, 1.82) is 0 Å². The number of alkyl carbamates (subject to hydrolysis) is 1. The molecule has 0 radical (unpaired) electrons. The summed E-state index contributed by atoms with van der Waals surface area (Å²) in [6, 6.07) is 4.02. The molecule has 0 saturated carbocycles. The van der Waals surface area contributed by atoms with Crippen molar-refractivity contribution < 1.29 is 18.3 Å². The van der Waals surface area contributed by atoms with Crippen molar-refractivity contribution in [2.45, 2.75) is 37.3 Å². The van der Waals surface area contributed by atoms with Crippen molar-refractivity contribution in [2.24, 2.45) is 0 Å². The number of nitrogens with two attached hydrogens (primary N) is 1. The van der Waals surface area contributed by atoms with E-state index < -0.39 is 23.3 Å². The number of rotatable bonds is 7. The first-order chi connectivity index (χ1) is 14.6. The Labute approximate surface area is 186 Å². The molecule has 0 spiro atoms. The van der Waals surface area contributed by atoms with Gasteiger partial charge in [-0.15, -0.1) is 0 Å². The Morgan fingerprint density at radius 3 is 2.74 bits per heavy atom. The minimum absolute atomic E-state index is 0.147. The maximum Gasteiger partial charge on any atom is 0.407 e. The molecule has 3 rings (SSSR count). The summed E-state index contributed by atoms with van der Waals surface area (Å²) in [4.78, 5) is 24.7. The van der Waals surface area contributed by atoms with E-state index in [1.807, 2.05) is 0 Å². The maximum absolute atomic E-state index is 13.9. The molecule has 0 aliphatic carbocycles. The first-order valence-electron chi connectivity index (χ1n) is 9.33. The molecule has 3 aromatic rings. The van der Waals surface area contributed by atoms with Gasteiger partial charge in [0.1, 0.15) is 10.3 Å². The molecular formula is C19H22F2N6O2S2. The fourth-order valence-electron chi connectivity index (χ4n) is 2.47. The Bertz CT molecular complexity index is 1090. The number of hydrogen-bond donors (Lipinski definition) is 3. The highest BCUT2D eigenvalue weighted by Crippen LogP contribution is 2.31. The highest BCUT2D eigenvalue weighted by atomic mass is 32.2. The maximum atomic E-state index is 13.9. The van der Waals surface area contributed by atoms with Crippen LogP contribution in [-0.2, 0) is 10.5 Å². The van der Waals surface area contributed by atoms with Gasteiger partial charge in [-0.2, -0.15) is 0 Å². The molecule has 0 fully saturated rings. The lowest BCUT2D eigenvalue weighted by Gasteiger charge is -2.19. The topological polar surface area (TPSA) is 115 Å². The molecule has 0 saturated heterocycles. The fraction of sp³-hybridized carbons (Fsp3) is 0.368. The van der Waals surface area contributed by atoms with Crippen molar-refractivity contribution in [3.63, 3.8) is 0 Å². The second kappa shape index (κ2) is 9.60. The molecule has 0 atom stereocenters. The lowest BCUT2D eigenvalue weighted by molar-refractivity contribution is 0.0530. The van der Waals surface area contributed by atoms with Crippen molar-refractivity contribution in [3.05, 3.63) is 35.4 Å². The molecule has 1 amide bonds. The minimum Gasteiger partial charge on any atom is -0.444 e. The Balaban J connectivity index is 1.67. The normalized spacial score (nSPS) is 11.5. The predicted octanol–water partition coefficient (Wildman–Crippen LogP) is 4.18. The number of carbonyl (C=O) groups excluding carboxylic acids is 1. The van der Waals surface area contributed by atoms with Crippen LogP contribution in [0.15, 0.2) is 23.4 Å². The first-order valence-corrected chi connectivity index (χ1v) is 11.1. The molecule has 0 aliphatic rings. The second-order valence-electron chi connectivity index (χ2n) is 7.42. The van der Waals surface area contributed by atoms with Crippen LogP contribution in [0.2, 0.25) is 0 Å². The summed E-state index contributed by atoms with van der Waals surface area (Å²) in [7, 11) is 0. The molecule has 0 aliphatic heterocycles. The van der Waals surface area contributed by atoms with E-state index in [4.69, 9.17) is 10.5 Å². The third-order valence-electron chi connectivity index (χ3n) is 3.72. The van der Waals surface area contributed by atoms with Gasteiger partial charge in [0.25, 0.3) is 0 Å². The number of anilines is 2. The summed E-state index contributed by atoms with van der Waals surface area (Å²) in [5, 5.41) is 6.44. The number of hydrogen-bond acceptors (Lipinski definition) is 9. The number of nitrogen functional groups attached to an aromatic ring is 1. The zero-order chi connectivity index (χ0) is 22.6. The lowest BCUT2D eigenvalue weighted by atomic mass is 10.2. The molecule has 2 heterocycles. The SMILES string of the molecule is CC(C)(C)OC(=O)NCCNc1nc(SCc2cccc(F)c2F)nc2nc(N)sc12. The number of nitrogens with one attached hydrogen (secondary N) is 2. The van der Waals surface area contributed by atoms with E-state index in [9.17, 15) is 13.6 Å². The van der Waals surface area contributed by atoms with E-state index in [1.54, 1.807) is 20.8 Å². The van der Waals surface area contributed by atoms with E-state index in [2.05, 4.69) is 25.6 Å². The van der Waals surface area contributed by atoms with Gasteiger partial charge in [0, 0.05) is 24.4 Å². The standard InChI is InChI=1S/C19H22F2N6O2S2/c1-19(2,3)29-18(28)24-8-7-23-14-13-15(25-16(22)31-13)27-17(26-14)30-9-10-5-4-6-11(20)12(10)21/h4-6H,7-9H2,1-3H3,(H,24,28)(H3,22,23,25,26,27). The number of thioether (sulfide) groups is 1. The molecule has 0 bridgehead atoms. The van der Waals surface area contributed by atoms with Crippen molar-refractivity contribution in [2.75, 3.05) is 24.1 Å². The zero-order valence-corrected chi connectivity index (χ0v) is 18.8. The van der Waals surface area contributed by atoms with Crippen LogP contribution in [0, 0.1) is 11.6 Å². The number of nitrogens with zero attached hydrogens (tertiary/aromatic N) is 3. The van der Waals surface area contributed by atoms with Crippen LogP contribution < -0.4 is 16.4 Å². The molecule has 2 aromatic heterocycles. The molecule has 8 nitrogen and oxygen atoms in total. The van der Waals surface area contributed by atoms with Gasteiger partial charge in [0.15, 0.2) is 33.4 Å². The van der Waals surface area contributed by atoms with Gasteiger partial charge >= 0.3 is 6.09 Å². The lowest BCUT2D eigenvalue weighted by Crippen LogP contribution is -2.35. The monoisotopic (exact) mass is 468 g/mol. The number of benzene rings is 1. The second-order valence-corrected chi connectivity index (χ2v) is 9.39. The van der Waals surface area contributed by atoms with Crippen LogP contribution in [0.4, 0.5) is 24.5 Å². The fourth-order valence-corrected chi connectivity index (χ4v) is 4.02. The predicted molar refractivity (Wildman–Crippen MR) is 118 cm³/mol. The first kappa shape index (κ1) is 22.9. The Morgan fingerprint density at radius 1 is 1.23 bits per heavy atom. The van der Waals surface area contributed by atoms with Gasteiger partial charge in [0.2, 0.25) is 0 Å². The molecule has 12 heteroatoms. The summed E-state index contributed by atoms with van der Waals surface area (Å²) in [6.07, 6.45) is -0.516. The van der Waals surface area contributed by atoms with Crippen molar-refractivity contribution >= 4 is 50.5 Å². The summed E-state index contributed by atoms with van der Waals surface area (Å²) >= 11 is 2.38. The van der Waals surface area contributed by atoms with Crippen molar-refractivity contribution in [1.82, 2.24) is 20.3 Å². The van der Waals surface area contributed by atoms with Gasteiger partial charge in [-0.3, -0.25) is 0 Å². The molecular weight excluding hydrogens is 446 g/mol. The Hall–Kier alpha value is -2.73. The smallest absolute Gasteiger partial charge is 0.407 e. The summed E-state index contributed by atoms with van der Waals surface area (Å²) < 4.78 is 33.2. The molecule has 31 heavy (non-hydrogen) atoms. The van der Waals surface area contributed by atoms with Gasteiger partial charge in [0.05, 0.1) is 0 Å². The van der Waals surface area contributed by atoms with Gasteiger partial charge in [-0.25, -0.2) is 28.5 Å². The number of ether oxygens (including phenoxy) is 1. The van der Waals surface area contributed by atoms with E-state index in [0.29, 0.717) is 39.5 Å². The van der Waals surface area contributed by atoms with E-state index in [0.717, 1.165) is 17.8 Å². The van der Waals surface area contributed by atoms with Crippen LogP contribution in [0.3, 0.4) is 0 Å². The van der Waals surface area contributed by atoms with E-state index in [-0.39, 0.29) is 11.3 Å². The minimum atomic E-state index is -0.901. The van der Waals surface area contributed by atoms with Crippen LogP contribution in [0.1, 0.15) is 26.3 Å². The van der Waals surface area contributed by atoms with Crippen LogP contribution in [0.25, 0.3) is 10.3 Å². The molecule has 166 valence electrons. The zero-order valence-electron chi connectivity index (χ0n) is 17.2.